The van der Waals surface area contributed by atoms with Crippen molar-refractivity contribution in [3.8, 4) is 0 Å². The van der Waals surface area contributed by atoms with E-state index in [2.05, 4.69) is 26.2 Å². The van der Waals surface area contributed by atoms with E-state index in [1.807, 2.05) is 48.5 Å². The molecule has 1 aliphatic rings. The first-order valence-electron chi connectivity index (χ1n) is 6.58. The Morgan fingerprint density at radius 2 is 1.74 bits per heavy atom. The van der Waals surface area contributed by atoms with Gasteiger partial charge in [-0.1, -0.05) is 29.8 Å². The molecule has 0 aliphatic carbocycles. The molecule has 1 aliphatic heterocycles. The maximum absolute atomic E-state index is 12.1. The molecule has 100 valence electrons. The average Bonchev–Trinajstić information content (AvgIpc) is 2.40. The monoisotopic (exact) mass is 257 g/mol. The van der Waals surface area contributed by atoms with Crippen molar-refractivity contribution in [2.45, 2.75) is 13.0 Å². The van der Waals surface area contributed by atoms with E-state index in [0.717, 1.165) is 5.56 Å². The lowest BCUT2D eigenvalue weighted by molar-refractivity contribution is -0.871. The summed E-state index contributed by atoms with van der Waals surface area (Å²) in [5.41, 5.74) is 1.94. The van der Waals surface area contributed by atoms with Crippen LogP contribution in [0.4, 0.5) is 0 Å². The number of benzene rings is 1. The largest absolute Gasteiger partial charge is 0.347 e. The third-order valence-corrected chi connectivity index (χ3v) is 3.34. The van der Waals surface area contributed by atoms with Gasteiger partial charge in [0.05, 0.1) is 20.6 Å². The molecule has 1 N–H and O–H groups in total. The molecule has 0 amide bonds. The highest BCUT2D eigenvalue weighted by molar-refractivity contribution is 5.97. The fourth-order valence-electron chi connectivity index (χ4n) is 2.01. The van der Waals surface area contributed by atoms with E-state index in [4.69, 9.17) is 0 Å². The molecule has 0 radical (unpaired) electrons. The van der Waals surface area contributed by atoms with Gasteiger partial charge in [0.1, 0.15) is 6.04 Å². The van der Waals surface area contributed by atoms with Crippen LogP contribution < -0.4 is 4.90 Å². The second-order valence-corrected chi connectivity index (χ2v) is 5.25. The summed E-state index contributed by atoms with van der Waals surface area (Å²) >= 11 is 0. The second-order valence-electron chi connectivity index (χ2n) is 5.25. The van der Waals surface area contributed by atoms with Crippen molar-refractivity contribution in [1.29, 1.82) is 0 Å². The van der Waals surface area contributed by atoms with E-state index < -0.39 is 0 Å². The van der Waals surface area contributed by atoms with E-state index in [1.54, 1.807) is 0 Å². The van der Waals surface area contributed by atoms with Crippen LogP contribution in [0.25, 0.3) is 0 Å². The van der Waals surface area contributed by atoms with Gasteiger partial charge >= 0.3 is 0 Å². The van der Waals surface area contributed by atoms with Crippen LogP contribution in [0.2, 0.25) is 0 Å². The molecule has 0 fully saturated rings. The number of likely N-dealkylation sites (N-methyl/N-ethyl adjacent to an activating group) is 1. The smallest absolute Gasteiger partial charge is 0.182 e. The second kappa shape index (κ2) is 5.85. The fourth-order valence-corrected chi connectivity index (χ4v) is 2.01. The van der Waals surface area contributed by atoms with Gasteiger partial charge in [0, 0.05) is 18.0 Å². The normalized spacial score (nSPS) is 15.3. The summed E-state index contributed by atoms with van der Waals surface area (Å²) in [5.74, 6) is 0.143. The lowest BCUT2D eigenvalue weighted by Crippen LogP contribution is -3.09. The van der Waals surface area contributed by atoms with Crippen LogP contribution in [0.5, 0.6) is 0 Å². The Kier molecular flexibility index (Phi) is 4.17. The number of quaternary nitrogens is 1. The molecular weight excluding hydrogens is 236 g/mol. The predicted octanol–water partition coefficient (Wildman–Crippen LogP) is 1.03. The third kappa shape index (κ3) is 3.55. The minimum absolute atomic E-state index is 0.143. The SMILES string of the molecule is Cc1ccc(C(=O)CN2C=CC([NH+](C)C)C=C2)cc1. The van der Waals surface area contributed by atoms with Crippen molar-refractivity contribution in [3.63, 3.8) is 0 Å². The van der Waals surface area contributed by atoms with Crippen molar-refractivity contribution in [2.24, 2.45) is 0 Å². The summed E-state index contributed by atoms with van der Waals surface area (Å²) < 4.78 is 0. The van der Waals surface area contributed by atoms with Crippen LogP contribution >= 0.6 is 0 Å². The van der Waals surface area contributed by atoms with Gasteiger partial charge in [0.2, 0.25) is 0 Å². The molecule has 2 rings (SSSR count). The van der Waals surface area contributed by atoms with Crippen molar-refractivity contribution in [2.75, 3.05) is 20.6 Å². The molecule has 0 unspecified atom stereocenters. The van der Waals surface area contributed by atoms with Gasteiger partial charge in [-0.3, -0.25) is 4.79 Å². The predicted molar refractivity (Wildman–Crippen MR) is 77.1 cm³/mol. The molecule has 3 heteroatoms. The number of nitrogens with zero attached hydrogens (tertiary/aromatic N) is 1. The zero-order valence-electron chi connectivity index (χ0n) is 11.8. The van der Waals surface area contributed by atoms with Gasteiger partial charge in [-0.25, -0.2) is 0 Å². The van der Waals surface area contributed by atoms with Crippen LogP contribution in [0.1, 0.15) is 15.9 Å². The number of carbonyl (C=O) groups excluding carboxylic acids is 1. The maximum atomic E-state index is 12.1. The first-order chi connectivity index (χ1) is 9.06. The Bertz CT molecular complexity index is 486. The molecule has 0 saturated carbocycles. The molecule has 19 heavy (non-hydrogen) atoms. The molecule has 1 heterocycles. The summed E-state index contributed by atoms with van der Waals surface area (Å²) in [6.45, 7) is 2.42. The average molecular weight is 257 g/mol. The van der Waals surface area contributed by atoms with Crippen molar-refractivity contribution < 1.29 is 9.69 Å². The number of rotatable bonds is 4. The lowest BCUT2D eigenvalue weighted by Gasteiger charge is -2.22. The lowest BCUT2D eigenvalue weighted by atomic mass is 10.1. The highest BCUT2D eigenvalue weighted by Crippen LogP contribution is 2.07. The van der Waals surface area contributed by atoms with Crippen LogP contribution in [0.15, 0.2) is 48.8 Å². The molecule has 0 saturated heterocycles. The first kappa shape index (κ1) is 13.6. The summed E-state index contributed by atoms with van der Waals surface area (Å²) in [5, 5.41) is 0. The van der Waals surface area contributed by atoms with Gasteiger partial charge < -0.3 is 9.80 Å². The minimum Gasteiger partial charge on any atom is -0.347 e. The number of ketones is 1. The fraction of sp³-hybridized carbons (Fsp3) is 0.312. The van der Waals surface area contributed by atoms with Gasteiger partial charge in [-0.2, -0.15) is 0 Å². The number of carbonyl (C=O) groups is 1. The van der Waals surface area contributed by atoms with Gasteiger partial charge in [-0.05, 0) is 19.1 Å². The number of hydrogen-bond donors (Lipinski definition) is 1. The number of nitrogens with one attached hydrogen (secondary N) is 1. The Morgan fingerprint density at radius 1 is 1.16 bits per heavy atom. The van der Waals surface area contributed by atoms with E-state index in [-0.39, 0.29) is 5.78 Å². The molecule has 0 bridgehead atoms. The van der Waals surface area contributed by atoms with E-state index in [0.29, 0.717) is 12.6 Å². The number of hydrogen-bond acceptors (Lipinski definition) is 2. The third-order valence-electron chi connectivity index (χ3n) is 3.34. The van der Waals surface area contributed by atoms with Crippen LogP contribution in [0, 0.1) is 6.92 Å². The topological polar surface area (TPSA) is 24.8 Å². The molecule has 0 atom stereocenters. The Balaban J connectivity index is 1.96. The Hall–Kier alpha value is -1.87. The molecular formula is C16H21N2O+. The molecule has 3 nitrogen and oxygen atoms in total. The van der Waals surface area contributed by atoms with Crippen LogP contribution in [0.3, 0.4) is 0 Å². The Morgan fingerprint density at radius 3 is 2.26 bits per heavy atom. The zero-order chi connectivity index (χ0) is 13.8. The van der Waals surface area contributed by atoms with Crippen molar-refractivity contribution in [3.05, 3.63) is 59.9 Å². The molecule has 1 aromatic carbocycles. The highest BCUT2D eigenvalue weighted by atomic mass is 16.1. The maximum Gasteiger partial charge on any atom is 0.182 e. The molecule has 0 aromatic heterocycles. The zero-order valence-corrected chi connectivity index (χ0v) is 11.8. The van der Waals surface area contributed by atoms with Crippen LogP contribution in [-0.2, 0) is 0 Å². The molecule has 0 spiro atoms. The van der Waals surface area contributed by atoms with Crippen molar-refractivity contribution in [1.82, 2.24) is 4.90 Å². The Labute approximate surface area is 114 Å². The summed E-state index contributed by atoms with van der Waals surface area (Å²) in [6.07, 6.45) is 8.23. The van der Waals surface area contributed by atoms with Crippen LogP contribution in [-0.4, -0.2) is 37.4 Å². The molecule has 1 aromatic rings. The minimum atomic E-state index is 0.143. The number of aryl methyl sites for hydroxylation is 1. The van der Waals surface area contributed by atoms with E-state index in [1.165, 1.54) is 10.5 Å². The standard InChI is InChI=1S/C16H20N2O/c1-13-4-6-14(7-5-13)16(19)12-18-10-8-15(9-11-18)17(2)3/h4-11,15H,12H2,1-3H3/p+1. The highest BCUT2D eigenvalue weighted by Gasteiger charge is 2.14. The quantitative estimate of drug-likeness (QED) is 0.815. The van der Waals surface area contributed by atoms with Crippen molar-refractivity contribution >= 4 is 5.78 Å². The van der Waals surface area contributed by atoms with Gasteiger partial charge in [-0.15, -0.1) is 0 Å². The van der Waals surface area contributed by atoms with Gasteiger partial charge in [0.25, 0.3) is 0 Å². The summed E-state index contributed by atoms with van der Waals surface area (Å²) in [4.78, 5) is 15.4. The number of Topliss-reactive ketones (excluding diaryl/α,β-unsaturated/α-hetero) is 1. The van der Waals surface area contributed by atoms with E-state index >= 15 is 0 Å². The van der Waals surface area contributed by atoms with Gasteiger partial charge in [0.15, 0.2) is 5.78 Å². The van der Waals surface area contributed by atoms with E-state index in [9.17, 15) is 4.79 Å². The first-order valence-corrected chi connectivity index (χ1v) is 6.58. The summed E-state index contributed by atoms with van der Waals surface area (Å²) in [7, 11) is 4.24. The summed E-state index contributed by atoms with van der Waals surface area (Å²) in [6, 6.07) is 8.12.